The van der Waals surface area contributed by atoms with Crippen molar-refractivity contribution >= 4 is 17.6 Å². The van der Waals surface area contributed by atoms with Gasteiger partial charge in [-0.1, -0.05) is 38.0 Å². The lowest BCUT2D eigenvalue weighted by Gasteiger charge is -2.42. The molecule has 1 N–H and O–H groups in total. The molecule has 0 spiro atoms. The van der Waals surface area contributed by atoms with Crippen molar-refractivity contribution in [1.82, 2.24) is 19.6 Å². The van der Waals surface area contributed by atoms with Crippen LogP contribution in [0.3, 0.4) is 0 Å². The lowest BCUT2D eigenvalue weighted by molar-refractivity contribution is 0.0399. The summed E-state index contributed by atoms with van der Waals surface area (Å²) in [5.74, 6) is 1.25. The van der Waals surface area contributed by atoms with Gasteiger partial charge >= 0.3 is 0 Å². The average Bonchev–Trinajstić information content (AvgIpc) is 3.33. The van der Waals surface area contributed by atoms with E-state index < -0.39 is 0 Å². The number of aromatic nitrogens is 2. The molecule has 1 aliphatic rings. The van der Waals surface area contributed by atoms with Crippen molar-refractivity contribution in [3.05, 3.63) is 77.0 Å². The van der Waals surface area contributed by atoms with Crippen LogP contribution in [0.25, 0.3) is 0 Å². The minimum atomic E-state index is -0.264. The first-order chi connectivity index (χ1) is 19.9. The Hall–Kier alpha value is -3.72. The molecule has 42 heavy (non-hydrogen) atoms. The predicted octanol–water partition coefficient (Wildman–Crippen LogP) is 6.16. The van der Waals surface area contributed by atoms with Crippen LogP contribution in [-0.2, 0) is 13.5 Å². The first-order valence-electron chi connectivity index (χ1n) is 14.4. The molecule has 1 saturated heterocycles. The maximum atomic E-state index is 12.6. The predicted molar refractivity (Wildman–Crippen MR) is 168 cm³/mol. The number of rotatable bonds is 9. The summed E-state index contributed by atoms with van der Waals surface area (Å²) in [6, 6.07) is 15.8. The van der Waals surface area contributed by atoms with E-state index in [1.54, 1.807) is 23.0 Å². The second-order valence-electron chi connectivity index (χ2n) is 11.4. The van der Waals surface area contributed by atoms with E-state index in [1.165, 1.54) is 5.56 Å². The smallest absolute Gasteiger partial charge is 0.257 e. The van der Waals surface area contributed by atoms with Crippen LogP contribution in [0.15, 0.2) is 54.7 Å². The number of amides is 2. The van der Waals surface area contributed by atoms with Gasteiger partial charge < -0.3 is 19.9 Å². The molecular formula is C33H48FN5O3. The van der Waals surface area contributed by atoms with Crippen molar-refractivity contribution in [3.8, 4) is 5.75 Å². The maximum Gasteiger partial charge on any atom is 0.257 e. The molecule has 2 amide bonds. The van der Waals surface area contributed by atoms with Crippen LogP contribution in [0, 0.1) is 6.92 Å². The summed E-state index contributed by atoms with van der Waals surface area (Å²) in [5.41, 5.74) is 3.41. The van der Waals surface area contributed by atoms with Crippen LogP contribution in [0.1, 0.15) is 72.4 Å². The molecule has 8 nitrogen and oxygen atoms in total. The molecule has 1 aliphatic heterocycles. The average molecular weight is 582 g/mol. The number of hydrogen-bond donors (Lipinski definition) is 1. The van der Waals surface area contributed by atoms with Gasteiger partial charge in [-0.05, 0) is 83.6 Å². The Balaban J connectivity index is 0.000000296. The van der Waals surface area contributed by atoms with E-state index in [1.807, 2.05) is 69.1 Å². The van der Waals surface area contributed by atoms with Crippen molar-refractivity contribution in [2.45, 2.75) is 65.5 Å². The first-order valence-corrected chi connectivity index (χ1v) is 14.4. The van der Waals surface area contributed by atoms with Crippen LogP contribution in [-0.4, -0.2) is 77.4 Å². The van der Waals surface area contributed by atoms with Crippen molar-refractivity contribution in [3.63, 3.8) is 0 Å². The van der Waals surface area contributed by atoms with Gasteiger partial charge in [-0.2, -0.15) is 5.10 Å². The summed E-state index contributed by atoms with van der Waals surface area (Å²) in [5, 5.41) is 7.01. The fourth-order valence-corrected chi connectivity index (χ4v) is 4.17. The molecule has 0 atom stereocenters. The third-order valence-corrected chi connectivity index (χ3v) is 7.15. The normalized spacial score (nSPS) is 12.9. The van der Waals surface area contributed by atoms with Gasteiger partial charge in [-0.15, -0.1) is 0 Å². The number of anilines is 1. The molecule has 2 heterocycles. The van der Waals surface area contributed by atoms with Crippen molar-refractivity contribution in [1.29, 1.82) is 0 Å². The van der Waals surface area contributed by atoms with Crippen LogP contribution in [0.4, 0.5) is 10.2 Å². The topological polar surface area (TPSA) is 79.7 Å². The highest BCUT2D eigenvalue weighted by atomic mass is 19.1. The minimum absolute atomic E-state index is 0.151. The number of nitrogens with one attached hydrogen (secondary N) is 1. The lowest BCUT2D eigenvalue weighted by atomic mass is 10.0. The Kier molecular flexibility index (Phi) is 13.2. The Bertz CT molecular complexity index is 1280. The zero-order valence-corrected chi connectivity index (χ0v) is 26.7. The summed E-state index contributed by atoms with van der Waals surface area (Å²) in [6.45, 7) is 12.0. The highest BCUT2D eigenvalue weighted by Crippen LogP contribution is 2.25. The van der Waals surface area contributed by atoms with Crippen LogP contribution < -0.4 is 10.1 Å². The Morgan fingerprint density at radius 1 is 1.05 bits per heavy atom. The molecule has 1 fully saturated rings. The van der Waals surface area contributed by atoms with E-state index in [0.717, 1.165) is 49.2 Å². The Morgan fingerprint density at radius 2 is 1.69 bits per heavy atom. The van der Waals surface area contributed by atoms with E-state index in [2.05, 4.69) is 43.3 Å². The van der Waals surface area contributed by atoms with E-state index >= 15 is 0 Å². The molecule has 0 aliphatic carbocycles. The molecule has 230 valence electrons. The van der Waals surface area contributed by atoms with E-state index in [9.17, 15) is 14.0 Å². The third-order valence-electron chi connectivity index (χ3n) is 7.15. The highest BCUT2D eigenvalue weighted by molar-refractivity contribution is 6.04. The zero-order chi connectivity index (χ0) is 31.4. The quantitative estimate of drug-likeness (QED) is 0.328. The molecule has 0 unspecified atom stereocenters. The summed E-state index contributed by atoms with van der Waals surface area (Å²) >= 11 is 0. The number of likely N-dealkylation sites (tertiary alicyclic amines) is 1. The number of nitrogens with zero attached hydrogens (tertiary/aromatic N) is 4. The van der Waals surface area contributed by atoms with Crippen LogP contribution in [0.2, 0.25) is 0 Å². The molecule has 1 aromatic heterocycles. The number of hydrogen-bond acceptors (Lipinski definition) is 5. The summed E-state index contributed by atoms with van der Waals surface area (Å²) in [7, 11) is 6.42. The van der Waals surface area contributed by atoms with Gasteiger partial charge in [0.15, 0.2) is 5.82 Å². The van der Waals surface area contributed by atoms with Crippen LogP contribution >= 0.6 is 0 Å². The fraction of sp³-hybridized carbons (Fsp3) is 0.485. The second-order valence-corrected chi connectivity index (χ2v) is 11.4. The number of aryl methyl sites for hydroxylation is 3. The summed E-state index contributed by atoms with van der Waals surface area (Å²) < 4.78 is 17.2. The summed E-state index contributed by atoms with van der Waals surface area (Å²) in [4.78, 5) is 28.6. The molecule has 0 saturated carbocycles. The molecule has 2 aromatic carbocycles. The molecule has 4 rings (SSSR count). The Labute approximate surface area is 250 Å². The number of alkyl halides is 1. The molecule has 0 radical (unpaired) electrons. The maximum absolute atomic E-state index is 12.6. The van der Waals surface area contributed by atoms with Gasteiger partial charge in [-0.25, -0.2) is 0 Å². The van der Waals surface area contributed by atoms with Gasteiger partial charge in [0.05, 0.1) is 7.18 Å². The molecule has 0 bridgehead atoms. The molecular weight excluding hydrogens is 533 g/mol. The van der Waals surface area contributed by atoms with Gasteiger partial charge in [-0.3, -0.25) is 18.7 Å². The number of ether oxygens (including phenoxy) is 1. The number of carbonyl (C=O) groups excluding carboxylic acids is 2. The molecule has 9 heteroatoms. The first kappa shape index (κ1) is 34.5. The van der Waals surface area contributed by atoms with Crippen molar-refractivity contribution < 1.29 is 18.7 Å². The zero-order valence-electron chi connectivity index (χ0n) is 26.7. The van der Waals surface area contributed by atoms with Crippen molar-refractivity contribution in [2.24, 2.45) is 7.05 Å². The third kappa shape index (κ3) is 10.3. The van der Waals surface area contributed by atoms with E-state index in [4.69, 9.17) is 4.74 Å². The van der Waals surface area contributed by atoms with Gasteiger partial charge in [0.1, 0.15) is 11.4 Å². The SMILES string of the molecule is CCCc1cc(OC(C)(C)CC)cc(C(=O)Nc2ccn(C)n2)c1.CF.Cc1ccc(C(=O)N2CC(N(C)C)C2)cc1. The monoisotopic (exact) mass is 581 g/mol. The number of likely N-dealkylation sites (N-methyl/N-ethyl adjacent to an activating group) is 1. The highest BCUT2D eigenvalue weighted by Gasteiger charge is 2.32. The second kappa shape index (κ2) is 16.1. The van der Waals surface area contributed by atoms with E-state index in [-0.39, 0.29) is 17.4 Å². The van der Waals surface area contributed by atoms with Crippen LogP contribution in [0.5, 0.6) is 5.75 Å². The summed E-state index contributed by atoms with van der Waals surface area (Å²) in [6.07, 6.45) is 4.61. The molecule has 3 aromatic rings. The lowest BCUT2D eigenvalue weighted by Crippen LogP contribution is -2.59. The van der Waals surface area contributed by atoms with Gasteiger partial charge in [0.25, 0.3) is 11.8 Å². The Morgan fingerprint density at radius 3 is 2.21 bits per heavy atom. The number of halogens is 1. The van der Waals surface area contributed by atoms with Gasteiger partial charge in [0.2, 0.25) is 0 Å². The minimum Gasteiger partial charge on any atom is -0.488 e. The fourth-order valence-electron chi connectivity index (χ4n) is 4.17. The van der Waals surface area contributed by atoms with E-state index in [0.29, 0.717) is 24.6 Å². The number of benzene rings is 2. The van der Waals surface area contributed by atoms with Gasteiger partial charge in [0, 0.05) is 49.6 Å². The largest absolute Gasteiger partial charge is 0.488 e. The van der Waals surface area contributed by atoms with Crippen molar-refractivity contribution in [2.75, 3.05) is 39.7 Å². The standard InChI is InChI=1S/C19H27N3O2.C13H18N2O.CH3F/c1-6-8-14-11-15(13-16(12-14)24-19(3,4)7-2)18(23)20-17-9-10-22(5)21-17;1-10-4-6-11(7-5-10)13(16)15-8-12(9-15)14(2)3;1-2/h9-13H,6-8H2,1-5H3,(H,20,21,23);4-7,12H,8-9H2,1-3H3;1H3. The number of carbonyl (C=O) groups is 2.